The summed E-state index contributed by atoms with van der Waals surface area (Å²) in [6.45, 7) is 1.48. The Bertz CT molecular complexity index is 932. The molecule has 29 heavy (non-hydrogen) atoms. The fourth-order valence-corrected chi connectivity index (χ4v) is 2.59. The smallest absolute Gasteiger partial charge is 0.251 e. The van der Waals surface area contributed by atoms with E-state index in [-0.39, 0.29) is 35.7 Å². The Labute approximate surface area is 186 Å². The minimum atomic E-state index is -0.305. The topological polar surface area (TPSA) is 55.7 Å². The van der Waals surface area contributed by atoms with Crippen LogP contribution in [0.25, 0.3) is 11.3 Å². The van der Waals surface area contributed by atoms with E-state index in [1.54, 1.807) is 30.5 Å². The van der Waals surface area contributed by atoms with Gasteiger partial charge in [-0.2, -0.15) is 0 Å². The Kier molecular flexibility index (Phi) is 8.53. The lowest BCUT2D eigenvalue weighted by atomic mass is 10.1. The number of likely N-dealkylation sites (N-methyl/N-ethyl adjacent to an activating group) is 1. The fourth-order valence-electron chi connectivity index (χ4n) is 2.59. The molecule has 0 atom stereocenters. The summed E-state index contributed by atoms with van der Waals surface area (Å²) in [5.74, 6) is 0.780. The van der Waals surface area contributed by atoms with E-state index in [1.807, 2.05) is 38.4 Å². The molecule has 0 aliphatic carbocycles. The average molecular weight is 507 g/mol. The summed E-state index contributed by atoms with van der Waals surface area (Å²) < 4.78 is 18.7. The SMILES string of the molecule is C[NH+](C)CCNC(=O)c1ccnc(-c2ccc(Oc3ccc(F)cc3)cc2)c1.[I-]. The molecule has 2 N–H and O–H groups in total. The summed E-state index contributed by atoms with van der Waals surface area (Å²) in [7, 11) is 4.08. The van der Waals surface area contributed by atoms with Gasteiger partial charge < -0.3 is 38.9 Å². The van der Waals surface area contributed by atoms with Crippen molar-refractivity contribution in [1.82, 2.24) is 10.3 Å². The lowest BCUT2D eigenvalue weighted by Gasteiger charge is -2.09. The Morgan fingerprint density at radius 1 is 1.03 bits per heavy atom. The van der Waals surface area contributed by atoms with Crippen molar-refractivity contribution in [3.05, 3.63) is 78.2 Å². The number of ether oxygens (including phenoxy) is 1. The molecular weight excluding hydrogens is 484 g/mol. The number of benzene rings is 2. The molecular formula is C22H23FIN3O2. The summed E-state index contributed by atoms with van der Waals surface area (Å²) >= 11 is 0. The van der Waals surface area contributed by atoms with E-state index >= 15 is 0 Å². The van der Waals surface area contributed by atoms with E-state index < -0.39 is 0 Å². The van der Waals surface area contributed by atoms with Crippen molar-refractivity contribution >= 4 is 5.91 Å². The van der Waals surface area contributed by atoms with Gasteiger partial charge in [0, 0.05) is 17.3 Å². The number of aromatic nitrogens is 1. The molecule has 7 heteroatoms. The van der Waals surface area contributed by atoms with Gasteiger partial charge in [-0.25, -0.2) is 4.39 Å². The van der Waals surface area contributed by atoms with E-state index in [2.05, 4.69) is 10.3 Å². The molecule has 0 spiro atoms. The summed E-state index contributed by atoms with van der Waals surface area (Å²) in [6, 6.07) is 16.7. The molecule has 1 aromatic heterocycles. The van der Waals surface area contributed by atoms with Crippen molar-refractivity contribution in [1.29, 1.82) is 0 Å². The van der Waals surface area contributed by atoms with E-state index in [1.165, 1.54) is 17.0 Å². The average Bonchev–Trinajstić information content (AvgIpc) is 2.70. The van der Waals surface area contributed by atoms with Crippen LogP contribution in [0.4, 0.5) is 4.39 Å². The van der Waals surface area contributed by atoms with E-state index in [9.17, 15) is 9.18 Å². The maximum absolute atomic E-state index is 13.0. The summed E-state index contributed by atoms with van der Waals surface area (Å²) in [5, 5.41) is 2.92. The molecule has 0 aliphatic rings. The highest BCUT2D eigenvalue weighted by molar-refractivity contribution is 5.95. The molecule has 152 valence electrons. The monoisotopic (exact) mass is 507 g/mol. The van der Waals surface area contributed by atoms with E-state index in [0.717, 1.165) is 12.1 Å². The van der Waals surface area contributed by atoms with Gasteiger partial charge in [0.2, 0.25) is 0 Å². The first-order valence-electron chi connectivity index (χ1n) is 9.08. The normalized spacial score (nSPS) is 10.3. The number of quaternary nitrogens is 1. The first kappa shape index (κ1) is 22.8. The van der Waals surface area contributed by atoms with Crippen LogP contribution in [0.3, 0.4) is 0 Å². The number of pyridine rings is 1. The van der Waals surface area contributed by atoms with Crippen LogP contribution < -0.4 is 38.9 Å². The first-order chi connectivity index (χ1) is 13.5. The van der Waals surface area contributed by atoms with Crippen LogP contribution >= 0.6 is 0 Å². The van der Waals surface area contributed by atoms with Crippen molar-refractivity contribution in [2.45, 2.75) is 0 Å². The second-order valence-electron chi connectivity index (χ2n) is 6.72. The maximum Gasteiger partial charge on any atom is 0.251 e. The number of hydrogen-bond donors (Lipinski definition) is 2. The summed E-state index contributed by atoms with van der Waals surface area (Å²) in [5.41, 5.74) is 2.16. The van der Waals surface area contributed by atoms with Crippen molar-refractivity contribution in [2.75, 3.05) is 27.2 Å². The standard InChI is InChI=1S/C22H22FN3O2.HI/c1-26(2)14-13-25-22(27)17-11-12-24-21(15-17)16-3-7-19(8-4-16)28-20-9-5-18(23)6-10-20;/h3-12,15H,13-14H2,1-2H3,(H,25,27);1H. The predicted octanol–water partition coefficient (Wildman–Crippen LogP) is -0.442. The van der Waals surface area contributed by atoms with Crippen LogP contribution in [0.5, 0.6) is 11.5 Å². The first-order valence-corrected chi connectivity index (χ1v) is 9.08. The molecule has 0 aliphatic heterocycles. The lowest BCUT2D eigenvalue weighted by Crippen LogP contribution is -3.06. The van der Waals surface area contributed by atoms with E-state index in [4.69, 9.17) is 4.74 Å². The molecule has 1 amide bonds. The molecule has 0 radical (unpaired) electrons. The number of carbonyl (C=O) groups is 1. The highest BCUT2D eigenvalue weighted by atomic mass is 127. The minimum Gasteiger partial charge on any atom is -1.00 e. The third kappa shape index (κ3) is 6.79. The maximum atomic E-state index is 13.0. The molecule has 0 bridgehead atoms. The van der Waals surface area contributed by atoms with Crippen LogP contribution in [0.15, 0.2) is 66.9 Å². The number of nitrogens with zero attached hydrogens (tertiary/aromatic N) is 1. The van der Waals surface area contributed by atoms with Crippen molar-refractivity contribution in [2.24, 2.45) is 0 Å². The number of amides is 1. The van der Waals surface area contributed by atoms with Crippen molar-refractivity contribution in [3.63, 3.8) is 0 Å². The van der Waals surface area contributed by atoms with Gasteiger partial charge in [0.25, 0.3) is 5.91 Å². The number of nitrogens with one attached hydrogen (secondary N) is 2. The van der Waals surface area contributed by atoms with Crippen molar-refractivity contribution < 1.29 is 42.8 Å². The Balaban J connectivity index is 0.00000300. The van der Waals surface area contributed by atoms with Gasteiger partial charge in [-0.1, -0.05) is 0 Å². The van der Waals surface area contributed by atoms with Gasteiger partial charge in [0.15, 0.2) is 0 Å². The minimum absolute atomic E-state index is 0. The third-order valence-corrected chi connectivity index (χ3v) is 4.13. The molecule has 0 fully saturated rings. The molecule has 0 saturated heterocycles. The molecule has 3 aromatic rings. The van der Waals surface area contributed by atoms with Gasteiger partial charge in [-0.05, 0) is 60.7 Å². The number of rotatable bonds is 7. The van der Waals surface area contributed by atoms with Gasteiger partial charge in [-0.15, -0.1) is 0 Å². The summed E-state index contributed by atoms with van der Waals surface area (Å²) in [4.78, 5) is 17.9. The van der Waals surface area contributed by atoms with Crippen LogP contribution in [0, 0.1) is 5.82 Å². The predicted molar refractivity (Wildman–Crippen MR) is 106 cm³/mol. The zero-order chi connectivity index (χ0) is 19.9. The third-order valence-electron chi connectivity index (χ3n) is 4.13. The fraction of sp³-hybridized carbons (Fsp3) is 0.182. The second-order valence-corrected chi connectivity index (χ2v) is 6.72. The lowest BCUT2D eigenvalue weighted by molar-refractivity contribution is -0.856. The molecule has 2 aromatic carbocycles. The van der Waals surface area contributed by atoms with Gasteiger partial charge in [0.05, 0.1) is 32.9 Å². The summed E-state index contributed by atoms with van der Waals surface area (Å²) in [6.07, 6.45) is 1.63. The van der Waals surface area contributed by atoms with Gasteiger partial charge in [0.1, 0.15) is 17.3 Å². The second kappa shape index (κ2) is 10.9. The van der Waals surface area contributed by atoms with Crippen LogP contribution in [0.2, 0.25) is 0 Å². The molecule has 3 rings (SSSR count). The van der Waals surface area contributed by atoms with Gasteiger partial charge in [-0.3, -0.25) is 9.78 Å². The Morgan fingerprint density at radius 3 is 2.28 bits per heavy atom. The molecule has 0 unspecified atom stereocenters. The van der Waals surface area contributed by atoms with Crippen LogP contribution in [-0.2, 0) is 0 Å². The zero-order valence-corrected chi connectivity index (χ0v) is 18.4. The number of halogens is 2. The number of carbonyl (C=O) groups excluding carboxylic acids is 1. The Morgan fingerprint density at radius 2 is 1.66 bits per heavy atom. The van der Waals surface area contributed by atoms with E-state index in [0.29, 0.717) is 29.3 Å². The molecule has 5 nitrogen and oxygen atoms in total. The highest BCUT2D eigenvalue weighted by Gasteiger charge is 2.09. The zero-order valence-electron chi connectivity index (χ0n) is 16.3. The largest absolute Gasteiger partial charge is 1.00 e. The van der Waals surface area contributed by atoms with Crippen molar-refractivity contribution in [3.8, 4) is 22.8 Å². The van der Waals surface area contributed by atoms with Gasteiger partial charge >= 0.3 is 0 Å². The highest BCUT2D eigenvalue weighted by Crippen LogP contribution is 2.25. The number of hydrogen-bond acceptors (Lipinski definition) is 3. The Hall–Kier alpha value is -2.52. The quantitative estimate of drug-likeness (QED) is 0.427. The molecule has 0 saturated carbocycles. The van der Waals surface area contributed by atoms with Crippen LogP contribution in [0.1, 0.15) is 10.4 Å². The van der Waals surface area contributed by atoms with Crippen LogP contribution in [-0.4, -0.2) is 38.1 Å². The molecule has 1 heterocycles.